The predicted molar refractivity (Wildman–Crippen MR) is 98.7 cm³/mol. The maximum absolute atomic E-state index is 13.8. The Kier molecular flexibility index (Phi) is 7.93. The van der Waals surface area contributed by atoms with Crippen molar-refractivity contribution in [3.8, 4) is 0 Å². The molecule has 0 bridgehead atoms. The van der Waals surface area contributed by atoms with Crippen LogP contribution in [-0.2, 0) is 11.2 Å². The predicted octanol–water partition coefficient (Wildman–Crippen LogP) is 2.37. The Morgan fingerprint density at radius 2 is 2.28 bits per heavy atom. The highest BCUT2D eigenvalue weighted by Crippen LogP contribution is 2.32. The molecular formula is C18H27ClFN3O2. The molecule has 1 fully saturated rings. The first-order chi connectivity index (χ1) is 12.1. The van der Waals surface area contributed by atoms with Crippen molar-refractivity contribution in [2.75, 3.05) is 39.5 Å². The van der Waals surface area contributed by atoms with Gasteiger partial charge in [0.25, 0.3) is 0 Å². The fourth-order valence-electron chi connectivity index (χ4n) is 2.95. The lowest BCUT2D eigenvalue weighted by molar-refractivity contribution is 0.131. The van der Waals surface area contributed by atoms with Crippen LogP contribution >= 0.6 is 11.6 Å². The van der Waals surface area contributed by atoms with E-state index in [1.165, 1.54) is 6.07 Å². The van der Waals surface area contributed by atoms with Crippen LogP contribution in [0.15, 0.2) is 23.2 Å². The number of ether oxygens (including phenoxy) is 1. The molecule has 0 aromatic heterocycles. The van der Waals surface area contributed by atoms with E-state index in [1.54, 1.807) is 12.1 Å². The van der Waals surface area contributed by atoms with Crippen LogP contribution in [0.4, 0.5) is 4.39 Å². The number of nitrogens with zero attached hydrogens (tertiary/aromatic N) is 1. The van der Waals surface area contributed by atoms with Crippen LogP contribution in [0.25, 0.3) is 0 Å². The van der Waals surface area contributed by atoms with Crippen molar-refractivity contribution in [1.82, 2.24) is 10.6 Å². The fourth-order valence-corrected chi connectivity index (χ4v) is 3.21. The van der Waals surface area contributed by atoms with Crippen LogP contribution in [0.5, 0.6) is 0 Å². The molecule has 1 aliphatic rings. The third kappa shape index (κ3) is 5.83. The maximum Gasteiger partial charge on any atom is 0.191 e. The van der Waals surface area contributed by atoms with E-state index in [4.69, 9.17) is 16.3 Å². The van der Waals surface area contributed by atoms with E-state index in [9.17, 15) is 9.50 Å². The zero-order chi connectivity index (χ0) is 18.1. The van der Waals surface area contributed by atoms with Crippen molar-refractivity contribution < 1.29 is 14.2 Å². The summed E-state index contributed by atoms with van der Waals surface area (Å²) in [7, 11) is 0. The number of halogens is 2. The average Bonchev–Trinajstić information content (AvgIpc) is 3.04. The molecule has 0 spiro atoms. The quantitative estimate of drug-likeness (QED) is 0.485. The van der Waals surface area contributed by atoms with E-state index in [2.05, 4.69) is 15.6 Å². The lowest BCUT2D eigenvalue weighted by Crippen LogP contribution is -2.39. The monoisotopic (exact) mass is 371 g/mol. The molecule has 0 aliphatic carbocycles. The van der Waals surface area contributed by atoms with Crippen molar-refractivity contribution in [3.05, 3.63) is 34.6 Å². The SMILES string of the molecule is CCNC(=NCC1(CCO)CCOC1)NCCc1c(F)cccc1Cl. The van der Waals surface area contributed by atoms with Gasteiger partial charge in [0.15, 0.2) is 5.96 Å². The number of hydrogen-bond donors (Lipinski definition) is 3. The molecule has 25 heavy (non-hydrogen) atoms. The second-order valence-electron chi connectivity index (χ2n) is 6.35. The van der Waals surface area contributed by atoms with Gasteiger partial charge in [-0.1, -0.05) is 17.7 Å². The molecule has 1 aromatic rings. The zero-order valence-electron chi connectivity index (χ0n) is 14.7. The van der Waals surface area contributed by atoms with E-state index in [0.29, 0.717) is 55.7 Å². The molecule has 2 rings (SSSR count). The molecule has 5 nitrogen and oxygen atoms in total. The standard InChI is InChI=1S/C18H27ClFN3O2/c1-2-21-17(23-12-18(7-10-24)8-11-25-13-18)22-9-6-14-15(19)4-3-5-16(14)20/h3-5,24H,2,6-13H2,1H3,(H2,21,22,23). The third-order valence-corrected chi connectivity index (χ3v) is 4.83. The zero-order valence-corrected chi connectivity index (χ0v) is 15.4. The normalized spacial score (nSPS) is 20.7. The summed E-state index contributed by atoms with van der Waals surface area (Å²) < 4.78 is 19.3. The number of nitrogens with one attached hydrogen (secondary N) is 2. The number of aliphatic hydroxyl groups excluding tert-OH is 1. The molecule has 0 radical (unpaired) electrons. The molecule has 0 saturated carbocycles. The minimum absolute atomic E-state index is 0.0913. The van der Waals surface area contributed by atoms with Crippen molar-refractivity contribution >= 4 is 17.6 Å². The molecule has 3 N–H and O–H groups in total. The summed E-state index contributed by atoms with van der Waals surface area (Å²) in [6.45, 7) is 5.31. The number of hydrogen-bond acceptors (Lipinski definition) is 3. The van der Waals surface area contributed by atoms with Crippen LogP contribution in [0.1, 0.15) is 25.3 Å². The summed E-state index contributed by atoms with van der Waals surface area (Å²) in [5.74, 6) is 0.389. The van der Waals surface area contributed by atoms with E-state index in [0.717, 1.165) is 13.0 Å². The summed E-state index contributed by atoms with van der Waals surface area (Å²) >= 11 is 6.06. The number of aliphatic hydroxyl groups is 1. The summed E-state index contributed by atoms with van der Waals surface area (Å²) in [5, 5.41) is 16.1. The lowest BCUT2D eigenvalue weighted by Gasteiger charge is -2.24. The second kappa shape index (κ2) is 9.94. The lowest BCUT2D eigenvalue weighted by atomic mass is 9.84. The van der Waals surface area contributed by atoms with Gasteiger partial charge < -0.3 is 20.5 Å². The summed E-state index contributed by atoms with van der Waals surface area (Å²) in [5.41, 5.74) is 0.417. The Morgan fingerprint density at radius 3 is 2.92 bits per heavy atom. The molecule has 1 unspecified atom stereocenters. The molecule has 1 aromatic carbocycles. The molecule has 140 valence electrons. The van der Waals surface area contributed by atoms with Gasteiger partial charge >= 0.3 is 0 Å². The van der Waals surface area contributed by atoms with Gasteiger partial charge in [-0.3, -0.25) is 4.99 Å². The first kappa shape index (κ1) is 19.9. The van der Waals surface area contributed by atoms with Gasteiger partial charge in [0.2, 0.25) is 0 Å². The van der Waals surface area contributed by atoms with Crippen LogP contribution in [0, 0.1) is 11.2 Å². The van der Waals surface area contributed by atoms with Gasteiger partial charge in [-0.15, -0.1) is 0 Å². The largest absolute Gasteiger partial charge is 0.396 e. The summed E-state index contributed by atoms with van der Waals surface area (Å²) in [4.78, 5) is 4.64. The topological polar surface area (TPSA) is 65.9 Å². The molecule has 1 aliphatic heterocycles. The smallest absolute Gasteiger partial charge is 0.191 e. The average molecular weight is 372 g/mol. The van der Waals surface area contributed by atoms with Crippen molar-refractivity contribution in [3.63, 3.8) is 0 Å². The van der Waals surface area contributed by atoms with Crippen molar-refractivity contribution in [2.45, 2.75) is 26.2 Å². The van der Waals surface area contributed by atoms with Crippen molar-refractivity contribution in [1.29, 1.82) is 0 Å². The van der Waals surface area contributed by atoms with E-state index < -0.39 is 0 Å². The Morgan fingerprint density at radius 1 is 1.44 bits per heavy atom. The van der Waals surface area contributed by atoms with Crippen LogP contribution in [0.2, 0.25) is 5.02 Å². The molecule has 1 atom stereocenters. The van der Waals surface area contributed by atoms with Gasteiger partial charge in [-0.05, 0) is 38.3 Å². The highest BCUT2D eigenvalue weighted by atomic mass is 35.5. The second-order valence-corrected chi connectivity index (χ2v) is 6.76. The minimum Gasteiger partial charge on any atom is -0.396 e. The van der Waals surface area contributed by atoms with Gasteiger partial charge in [0.1, 0.15) is 5.82 Å². The molecular weight excluding hydrogens is 345 g/mol. The first-order valence-corrected chi connectivity index (χ1v) is 9.12. The fraction of sp³-hybridized carbons (Fsp3) is 0.611. The Bertz CT molecular complexity index is 557. The van der Waals surface area contributed by atoms with E-state index in [-0.39, 0.29) is 17.8 Å². The van der Waals surface area contributed by atoms with E-state index in [1.807, 2.05) is 6.92 Å². The number of rotatable bonds is 8. The summed E-state index contributed by atoms with van der Waals surface area (Å²) in [6.07, 6.45) is 2.06. The van der Waals surface area contributed by atoms with Gasteiger partial charge in [0.05, 0.1) is 13.2 Å². The summed E-state index contributed by atoms with van der Waals surface area (Å²) in [6, 6.07) is 4.71. The molecule has 0 amide bonds. The number of benzene rings is 1. The van der Waals surface area contributed by atoms with Crippen LogP contribution < -0.4 is 10.6 Å². The molecule has 1 saturated heterocycles. The van der Waals surface area contributed by atoms with Gasteiger partial charge in [0, 0.05) is 42.3 Å². The van der Waals surface area contributed by atoms with Crippen molar-refractivity contribution in [2.24, 2.45) is 10.4 Å². The highest BCUT2D eigenvalue weighted by molar-refractivity contribution is 6.31. The third-order valence-electron chi connectivity index (χ3n) is 4.47. The Hall–Kier alpha value is -1.37. The van der Waals surface area contributed by atoms with Gasteiger partial charge in [-0.25, -0.2) is 4.39 Å². The van der Waals surface area contributed by atoms with Crippen LogP contribution in [0.3, 0.4) is 0 Å². The molecule has 7 heteroatoms. The molecule has 1 heterocycles. The first-order valence-electron chi connectivity index (χ1n) is 8.74. The Labute approximate surface area is 153 Å². The maximum atomic E-state index is 13.8. The minimum atomic E-state index is -0.291. The highest BCUT2D eigenvalue weighted by Gasteiger charge is 2.34. The number of guanidine groups is 1. The Balaban J connectivity index is 1.93. The van der Waals surface area contributed by atoms with Gasteiger partial charge in [-0.2, -0.15) is 0 Å². The number of aliphatic imine (C=N–C) groups is 1. The van der Waals surface area contributed by atoms with Crippen LogP contribution in [-0.4, -0.2) is 50.5 Å². The van der Waals surface area contributed by atoms with E-state index >= 15 is 0 Å².